The molecule has 0 bridgehead atoms. The van der Waals surface area contributed by atoms with Gasteiger partial charge in [0.25, 0.3) is 0 Å². The summed E-state index contributed by atoms with van der Waals surface area (Å²) >= 11 is 0. The number of ether oxygens (including phenoxy) is 1. The fourth-order valence-corrected chi connectivity index (χ4v) is 2.14. The van der Waals surface area contributed by atoms with Crippen molar-refractivity contribution in [3.63, 3.8) is 0 Å². The van der Waals surface area contributed by atoms with Crippen LogP contribution in [0, 0.1) is 0 Å². The van der Waals surface area contributed by atoms with Gasteiger partial charge in [-0.1, -0.05) is 19.1 Å². The van der Waals surface area contributed by atoms with Crippen LogP contribution in [0.5, 0.6) is 5.75 Å². The summed E-state index contributed by atoms with van der Waals surface area (Å²) in [5.74, 6) is 1.01. The van der Waals surface area contributed by atoms with E-state index >= 15 is 0 Å². The van der Waals surface area contributed by atoms with E-state index in [1.54, 1.807) is 4.90 Å². The average molecular weight is 248 g/mol. The smallest absolute Gasteiger partial charge is 0.240 e. The number of hydrogen-bond donors (Lipinski definition) is 1. The van der Waals surface area contributed by atoms with Crippen LogP contribution in [-0.2, 0) is 4.79 Å². The van der Waals surface area contributed by atoms with Crippen molar-refractivity contribution in [3.8, 4) is 5.75 Å². The van der Waals surface area contributed by atoms with E-state index in [1.807, 2.05) is 38.2 Å². The summed E-state index contributed by atoms with van der Waals surface area (Å²) < 4.78 is 5.54. The van der Waals surface area contributed by atoms with Gasteiger partial charge >= 0.3 is 0 Å². The van der Waals surface area contributed by atoms with E-state index < -0.39 is 0 Å². The zero-order valence-electron chi connectivity index (χ0n) is 11.1. The van der Waals surface area contributed by atoms with Crippen molar-refractivity contribution >= 4 is 5.91 Å². The number of hydrogen-bond acceptors (Lipinski definition) is 3. The van der Waals surface area contributed by atoms with E-state index in [0.29, 0.717) is 0 Å². The van der Waals surface area contributed by atoms with Gasteiger partial charge < -0.3 is 9.64 Å². The summed E-state index contributed by atoms with van der Waals surface area (Å²) in [5, 5.41) is 3.27. The Bertz CT molecular complexity index is 416. The number of amides is 1. The third-order valence-corrected chi connectivity index (χ3v) is 3.18. The molecule has 1 fully saturated rings. The molecule has 1 amide bonds. The number of carbonyl (C=O) groups is 1. The molecule has 2 atom stereocenters. The van der Waals surface area contributed by atoms with Crippen molar-refractivity contribution in [2.24, 2.45) is 0 Å². The predicted octanol–water partition coefficient (Wildman–Crippen LogP) is 1.92. The Hall–Kier alpha value is -1.55. The molecule has 2 rings (SSSR count). The van der Waals surface area contributed by atoms with Crippen molar-refractivity contribution in [2.45, 2.75) is 32.5 Å². The quantitative estimate of drug-likeness (QED) is 0.885. The third-order valence-electron chi connectivity index (χ3n) is 3.18. The summed E-state index contributed by atoms with van der Waals surface area (Å²) in [6.07, 6.45) is 0.966. The molecule has 1 aliphatic rings. The molecular weight excluding hydrogens is 228 g/mol. The number of rotatable bonds is 4. The lowest BCUT2D eigenvalue weighted by atomic mass is 10.1. The minimum atomic E-state index is -0.115. The van der Waals surface area contributed by atoms with Crippen LogP contribution in [0.1, 0.15) is 32.0 Å². The number of carbonyl (C=O) groups excluding carboxylic acids is 1. The van der Waals surface area contributed by atoms with Crippen molar-refractivity contribution in [1.29, 1.82) is 0 Å². The van der Waals surface area contributed by atoms with Crippen LogP contribution >= 0.6 is 0 Å². The molecule has 0 radical (unpaired) electrons. The summed E-state index contributed by atoms with van der Waals surface area (Å²) in [4.78, 5) is 13.5. The first-order valence-corrected chi connectivity index (χ1v) is 6.39. The van der Waals surface area contributed by atoms with Crippen LogP contribution in [0.3, 0.4) is 0 Å². The fourth-order valence-electron chi connectivity index (χ4n) is 2.14. The number of likely N-dealkylation sites (N-methyl/N-ethyl adjacent to an activating group) is 1. The van der Waals surface area contributed by atoms with Gasteiger partial charge in [0.1, 0.15) is 11.9 Å². The molecule has 4 nitrogen and oxygen atoms in total. The van der Waals surface area contributed by atoms with E-state index in [0.717, 1.165) is 24.3 Å². The highest BCUT2D eigenvalue weighted by atomic mass is 16.5. The highest BCUT2D eigenvalue weighted by Gasteiger charge is 2.34. The number of nitrogens with one attached hydrogen (secondary N) is 1. The van der Waals surface area contributed by atoms with Gasteiger partial charge in [0.05, 0.1) is 12.6 Å². The average Bonchev–Trinajstić information content (AvgIpc) is 2.65. The van der Waals surface area contributed by atoms with Gasteiger partial charge in [-0.15, -0.1) is 0 Å². The first-order chi connectivity index (χ1) is 8.63. The molecule has 1 aliphatic heterocycles. The Balaban J connectivity index is 2.08. The number of benzene rings is 1. The molecular formula is C14H20N2O2. The molecule has 0 aromatic heterocycles. The van der Waals surface area contributed by atoms with Crippen molar-refractivity contribution in [2.75, 3.05) is 13.7 Å². The van der Waals surface area contributed by atoms with Crippen LogP contribution in [0.4, 0.5) is 0 Å². The third kappa shape index (κ3) is 2.48. The molecule has 1 aromatic rings. The van der Waals surface area contributed by atoms with Crippen molar-refractivity contribution < 1.29 is 9.53 Å². The molecule has 0 spiro atoms. The molecule has 98 valence electrons. The van der Waals surface area contributed by atoms with Gasteiger partial charge in [0.15, 0.2) is 0 Å². The molecule has 1 aromatic carbocycles. The molecule has 1 heterocycles. The second-order valence-corrected chi connectivity index (χ2v) is 4.66. The first kappa shape index (κ1) is 12.9. The maximum absolute atomic E-state index is 11.7. The standard InChI is InChI=1S/C14H20N2O2/c1-4-9-18-12-7-5-11(6-8-12)13-15-10(2)14(17)16(13)3/h5-8,10,13,15H,4,9H2,1-3H3. The Morgan fingerprint density at radius 1 is 1.33 bits per heavy atom. The Morgan fingerprint density at radius 2 is 2.00 bits per heavy atom. The lowest BCUT2D eigenvalue weighted by Gasteiger charge is -2.20. The Kier molecular flexibility index (Phi) is 3.87. The minimum Gasteiger partial charge on any atom is -0.494 e. The summed E-state index contributed by atoms with van der Waals surface area (Å²) in [5.41, 5.74) is 1.08. The molecule has 18 heavy (non-hydrogen) atoms. The highest BCUT2D eigenvalue weighted by molar-refractivity contribution is 5.83. The second-order valence-electron chi connectivity index (χ2n) is 4.66. The second kappa shape index (κ2) is 5.40. The van der Waals surface area contributed by atoms with Crippen molar-refractivity contribution in [3.05, 3.63) is 29.8 Å². The molecule has 1 saturated heterocycles. The van der Waals surface area contributed by atoms with Crippen LogP contribution < -0.4 is 10.1 Å². The zero-order chi connectivity index (χ0) is 13.1. The number of nitrogens with zero attached hydrogens (tertiary/aromatic N) is 1. The maximum atomic E-state index is 11.7. The molecule has 1 N–H and O–H groups in total. The van der Waals surface area contributed by atoms with E-state index in [4.69, 9.17) is 4.74 Å². The summed E-state index contributed by atoms with van der Waals surface area (Å²) in [6, 6.07) is 7.80. The molecule has 0 aliphatic carbocycles. The van der Waals surface area contributed by atoms with Crippen molar-refractivity contribution in [1.82, 2.24) is 10.2 Å². The normalized spacial score (nSPS) is 23.5. The zero-order valence-corrected chi connectivity index (χ0v) is 11.1. The molecule has 0 saturated carbocycles. The highest BCUT2D eigenvalue weighted by Crippen LogP contribution is 2.25. The van der Waals surface area contributed by atoms with E-state index in [-0.39, 0.29) is 18.1 Å². The van der Waals surface area contributed by atoms with E-state index in [9.17, 15) is 4.79 Å². The van der Waals surface area contributed by atoms with Crippen LogP contribution in [0.15, 0.2) is 24.3 Å². The Morgan fingerprint density at radius 3 is 2.50 bits per heavy atom. The Labute approximate surface area is 108 Å². The van der Waals surface area contributed by atoms with E-state index in [2.05, 4.69) is 12.2 Å². The van der Waals surface area contributed by atoms with Gasteiger partial charge in [-0.2, -0.15) is 0 Å². The van der Waals surface area contributed by atoms with Gasteiger partial charge in [-0.25, -0.2) is 0 Å². The van der Waals surface area contributed by atoms with E-state index in [1.165, 1.54) is 0 Å². The van der Waals surface area contributed by atoms with Gasteiger partial charge in [0, 0.05) is 7.05 Å². The fraction of sp³-hybridized carbons (Fsp3) is 0.500. The predicted molar refractivity (Wildman–Crippen MR) is 70.3 cm³/mol. The lowest BCUT2D eigenvalue weighted by molar-refractivity contribution is -0.128. The summed E-state index contributed by atoms with van der Waals surface area (Å²) in [7, 11) is 1.82. The SMILES string of the molecule is CCCOc1ccc(C2NC(C)C(=O)N2C)cc1. The lowest BCUT2D eigenvalue weighted by Crippen LogP contribution is -2.25. The monoisotopic (exact) mass is 248 g/mol. The summed E-state index contributed by atoms with van der Waals surface area (Å²) in [6.45, 7) is 4.70. The van der Waals surface area contributed by atoms with Crippen LogP contribution in [-0.4, -0.2) is 30.5 Å². The first-order valence-electron chi connectivity index (χ1n) is 6.39. The van der Waals surface area contributed by atoms with Crippen LogP contribution in [0.25, 0.3) is 0 Å². The largest absolute Gasteiger partial charge is 0.494 e. The maximum Gasteiger partial charge on any atom is 0.240 e. The van der Waals surface area contributed by atoms with Gasteiger partial charge in [-0.3, -0.25) is 10.1 Å². The van der Waals surface area contributed by atoms with Crippen LogP contribution in [0.2, 0.25) is 0 Å². The topological polar surface area (TPSA) is 41.6 Å². The molecule has 2 unspecified atom stereocenters. The minimum absolute atomic E-state index is 0.0345. The van der Waals surface area contributed by atoms with Gasteiger partial charge in [-0.05, 0) is 31.0 Å². The molecule has 4 heteroatoms. The van der Waals surface area contributed by atoms with Gasteiger partial charge in [0.2, 0.25) is 5.91 Å².